The summed E-state index contributed by atoms with van der Waals surface area (Å²) in [6.07, 6.45) is 4.65. The lowest BCUT2D eigenvalue weighted by atomic mass is 9.83. The lowest BCUT2D eigenvalue weighted by Gasteiger charge is -2.41. The summed E-state index contributed by atoms with van der Waals surface area (Å²) in [5.41, 5.74) is 12.8. The second-order valence-electron chi connectivity index (χ2n) is 27.7. The van der Waals surface area contributed by atoms with Crippen molar-refractivity contribution >= 4 is 46.6 Å². The van der Waals surface area contributed by atoms with Crippen LogP contribution in [0.5, 0.6) is 17.2 Å². The molecule has 11 aromatic rings. The number of methoxy groups -OCH3 is 3. The van der Waals surface area contributed by atoms with E-state index in [-0.39, 0.29) is 112 Å². The van der Waals surface area contributed by atoms with E-state index in [1.165, 1.54) is 20.0 Å². The monoisotopic (exact) mass is 1520 g/mol. The van der Waals surface area contributed by atoms with Crippen LogP contribution in [0.15, 0.2) is 276 Å². The first-order chi connectivity index (χ1) is 55.0. The second-order valence-corrected chi connectivity index (χ2v) is 27.7. The molecular weight excluding hydrogens is 1430 g/mol. The molecule has 0 fully saturated rings. The fraction of sp³-hybridized carbons (Fsp3) is 0.244. The Morgan fingerprint density at radius 2 is 0.655 bits per heavy atom. The lowest BCUT2D eigenvalue weighted by molar-refractivity contribution is -0.115. The molecule has 3 aliphatic rings. The van der Waals surface area contributed by atoms with E-state index in [2.05, 4.69) is 59.2 Å². The molecule has 0 radical (unpaired) electrons. The molecule has 0 aliphatic carbocycles. The fourth-order valence-corrected chi connectivity index (χ4v) is 15.0. The third-order valence-corrected chi connectivity index (χ3v) is 20.3. The van der Waals surface area contributed by atoms with E-state index >= 15 is 0 Å². The number of fused-ring (bicyclic) bond motifs is 3. The number of carbonyl (C=O) groups is 5. The van der Waals surface area contributed by atoms with Gasteiger partial charge in [0.05, 0.1) is 37.9 Å². The number of carbonyl (C=O) groups excluding carboxylic acids is 5. The van der Waals surface area contributed by atoms with Gasteiger partial charge in [-0.2, -0.15) is 0 Å². The van der Waals surface area contributed by atoms with Crippen LogP contribution in [-0.2, 0) is 37.0 Å². The van der Waals surface area contributed by atoms with Crippen LogP contribution >= 0.6 is 0 Å². The minimum atomic E-state index is -0.793. The van der Waals surface area contributed by atoms with Crippen LogP contribution in [0, 0.1) is 0 Å². The molecule has 14 rings (SSSR count). The largest absolute Gasteiger partial charge is 0.502 e. The molecule has 23 nitrogen and oxygen atoms in total. The smallest absolute Gasteiger partial charge is 0.274 e. The second kappa shape index (κ2) is 37.6. The highest BCUT2D eigenvalue weighted by molar-refractivity contribution is 5.99. The van der Waals surface area contributed by atoms with Gasteiger partial charge in [0.1, 0.15) is 30.3 Å². The molecule has 0 saturated carbocycles. The van der Waals surface area contributed by atoms with Crippen molar-refractivity contribution in [2.45, 2.75) is 62.9 Å². The number of benzene rings is 8. The Balaban J connectivity index is 0.000000158. The minimum Gasteiger partial charge on any atom is -0.502 e. The molecule has 0 unspecified atom stereocenters. The number of nitrogens with one attached hydrogen (secondary N) is 2. The number of pyridine rings is 3. The Kier molecular flexibility index (Phi) is 26.5. The predicted octanol–water partition coefficient (Wildman–Crippen LogP) is 12.3. The number of ether oxygens (including phenoxy) is 5. The summed E-state index contributed by atoms with van der Waals surface area (Å²) in [6.45, 7) is 6.05. The van der Waals surface area contributed by atoms with Crippen LogP contribution in [0.25, 0.3) is 0 Å². The zero-order valence-electron chi connectivity index (χ0n) is 63.6. The first-order valence-electron chi connectivity index (χ1n) is 37.3. The van der Waals surface area contributed by atoms with Gasteiger partial charge in [0.15, 0.2) is 34.3 Å². The van der Waals surface area contributed by atoms with Crippen molar-refractivity contribution < 1.29 is 52.8 Å². The number of nitrogens with zero attached hydrogens (tertiary/aromatic N) is 6. The number of nitrogen functional groups attached to an aromatic ring is 1. The van der Waals surface area contributed by atoms with Crippen LogP contribution in [0.3, 0.4) is 0 Å². The van der Waals surface area contributed by atoms with E-state index in [4.69, 9.17) is 29.4 Å². The Bertz CT molecular complexity index is 5160. The number of rotatable bonds is 26. The average Bonchev–Trinajstić information content (AvgIpc) is 0.752. The molecule has 580 valence electrons. The van der Waals surface area contributed by atoms with E-state index in [1.807, 2.05) is 203 Å². The molecule has 23 heteroatoms. The van der Waals surface area contributed by atoms with Gasteiger partial charge in [-0.3, -0.25) is 38.4 Å². The minimum absolute atomic E-state index is 0.0224. The van der Waals surface area contributed by atoms with E-state index in [1.54, 1.807) is 53.0 Å². The van der Waals surface area contributed by atoms with Gasteiger partial charge in [0.25, 0.3) is 17.7 Å². The molecule has 3 atom stereocenters. The number of aromatic nitrogens is 3. The van der Waals surface area contributed by atoms with Crippen LogP contribution in [0.1, 0.15) is 126 Å². The van der Waals surface area contributed by atoms with Gasteiger partial charge in [0, 0.05) is 111 Å². The van der Waals surface area contributed by atoms with Gasteiger partial charge in [0.2, 0.25) is 28.1 Å². The quantitative estimate of drug-likeness (QED) is 0.0392. The van der Waals surface area contributed by atoms with Crippen LogP contribution < -0.4 is 42.1 Å². The van der Waals surface area contributed by atoms with Gasteiger partial charge < -0.3 is 73.6 Å². The Hall–Kier alpha value is -13.0. The molecule has 5 N–H and O–H groups in total. The standard InChI is InChI=1S/C33H33N3O5.C31H31N3O4.C26H27N3O5/c1-23(37)34-27-20-36-28(29(25-14-8-4-9-15-25)26-16-10-5-11-17-26)21-35(18-19-40-2)33(39)30(36)32(31(27)38)41-22-24-12-6-3-7-13-24;1-37-18-17-33-20-26(27(23-13-7-3-8-14-23)24-15-9-4-10-16-24)34-19-25(32)29(35)30(28(34)31(33)36)38-21-22-11-5-2-6-12-22;1-17(30)27-20-15-29-21(16-28(13-14-34-2)26(33)23(29)25(32)24(20)31)22(18-9-5-3-6-10-18)19-11-7-4-8-12-19/h3-17,20,28-29H,18-19,21-22H2,1-2H3,(H,34,37);2-16,19,26-27H,17-18,20-21,32H2,1H3;3-12,15,21-22,32H,13-14,16H2,1-2H3,(H,27,30)/t28-;26-;21-/m111/s1. The molecule has 0 bridgehead atoms. The Labute approximate surface area is 655 Å². The topological polar surface area (TPSA) is 278 Å². The molecule has 0 saturated heterocycles. The third-order valence-electron chi connectivity index (χ3n) is 20.3. The Morgan fingerprint density at radius 1 is 0.389 bits per heavy atom. The van der Waals surface area contributed by atoms with E-state index in [0.717, 1.165) is 44.5 Å². The van der Waals surface area contributed by atoms with Crippen LogP contribution in [-0.4, -0.2) is 143 Å². The maximum Gasteiger partial charge on any atom is 0.274 e. The van der Waals surface area contributed by atoms with Crippen LogP contribution in [0.4, 0.5) is 17.1 Å². The van der Waals surface area contributed by atoms with E-state index in [0.29, 0.717) is 59.1 Å². The SMILES string of the molecule is COCCN1C[C@H](C(c2ccccc2)c2ccccc2)n2cc(N)c(=O)c(OCc3ccccc3)c2C1=O.COCCN1C[C@H](C(c2ccccc2)c2ccccc2)n2cc(NC(C)=O)c(=O)c(O)c2C1=O.COCCN1C[C@H](C(c2ccccc2)c2ccccc2)n2cc(NC(C)=O)c(=O)c(OCc3ccccc3)c2C1=O. The third kappa shape index (κ3) is 18.4. The van der Waals surface area contributed by atoms with Gasteiger partial charge in [-0.25, -0.2) is 0 Å². The van der Waals surface area contributed by atoms with E-state index in [9.17, 15) is 43.5 Å². The molecule has 3 aliphatic heterocycles. The van der Waals surface area contributed by atoms with Crippen LogP contribution in [0.2, 0.25) is 0 Å². The summed E-state index contributed by atoms with van der Waals surface area (Å²) in [7, 11) is 4.75. The zero-order valence-corrected chi connectivity index (χ0v) is 63.6. The fourth-order valence-electron chi connectivity index (χ4n) is 15.0. The van der Waals surface area contributed by atoms with Crippen molar-refractivity contribution in [2.24, 2.45) is 0 Å². The first kappa shape index (κ1) is 79.6. The number of amides is 5. The zero-order chi connectivity index (χ0) is 79.5. The normalized spacial score (nSPS) is 14.9. The maximum atomic E-state index is 14.0. The number of anilines is 3. The molecule has 5 amide bonds. The number of nitrogens with two attached hydrogens (primary N) is 1. The summed E-state index contributed by atoms with van der Waals surface area (Å²) in [5, 5.41) is 16.0. The average molecular weight is 1520 g/mol. The van der Waals surface area contributed by atoms with Crippen molar-refractivity contribution in [3.05, 3.63) is 354 Å². The molecule has 0 spiro atoms. The predicted molar refractivity (Wildman–Crippen MR) is 433 cm³/mol. The number of aromatic hydroxyl groups is 1. The highest BCUT2D eigenvalue weighted by atomic mass is 16.5. The summed E-state index contributed by atoms with van der Waals surface area (Å²) in [6, 6.07) is 78.3. The van der Waals surface area contributed by atoms with E-state index < -0.39 is 33.9 Å². The summed E-state index contributed by atoms with van der Waals surface area (Å²) in [4.78, 5) is 110. The highest BCUT2D eigenvalue weighted by Gasteiger charge is 2.43. The van der Waals surface area contributed by atoms with Gasteiger partial charge in [-0.15, -0.1) is 0 Å². The Morgan fingerprint density at radius 3 is 0.956 bits per heavy atom. The maximum absolute atomic E-state index is 14.0. The van der Waals surface area contributed by atoms with Crippen molar-refractivity contribution in [1.82, 2.24) is 28.4 Å². The summed E-state index contributed by atoms with van der Waals surface area (Å²) >= 11 is 0. The van der Waals surface area contributed by atoms with Crippen molar-refractivity contribution in [2.75, 3.05) is 96.8 Å². The first-order valence-corrected chi connectivity index (χ1v) is 37.3. The van der Waals surface area contributed by atoms with Crippen molar-refractivity contribution in [1.29, 1.82) is 0 Å². The summed E-state index contributed by atoms with van der Waals surface area (Å²) < 4.78 is 33.4. The molecule has 8 aromatic carbocycles. The van der Waals surface area contributed by atoms with Gasteiger partial charge in [-0.1, -0.05) is 243 Å². The molecule has 113 heavy (non-hydrogen) atoms. The summed E-state index contributed by atoms with van der Waals surface area (Å²) in [5.74, 6) is -3.18. The molecule has 3 aromatic heterocycles. The van der Waals surface area contributed by atoms with Crippen molar-refractivity contribution in [3.63, 3.8) is 0 Å². The lowest BCUT2D eigenvalue weighted by Crippen LogP contribution is -2.47. The highest BCUT2D eigenvalue weighted by Crippen LogP contribution is 2.45. The molecule has 6 heterocycles. The van der Waals surface area contributed by atoms with Gasteiger partial charge in [-0.05, 0) is 44.5 Å². The van der Waals surface area contributed by atoms with Crippen molar-refractivity contribution in [3.8, 4) is 17.2 Å². The van der Waals surface area contributed by atoms with Gasteiger partial charge >= 0.3 is 0 Å². The number of hydrogen-bond acceptors (Lipinski definition) is 15. The number of hydrogen-bond donors (Lipinski definition) is 4. The molecular formula is C90H91N9O14.